The molecule has 2 aliphatic rings. The average Bonchev–Trinajstić information content (AvgIpc) is 2.67. The van der Waals surface area contributed by atoms with Crippen molar-refractivity contribution >= 4 is 0 Å². The van der Waals surface area contributed by atoms with Gasteiger partial charge in [-0.05, 0) is 49.3 Å². The van der Waals surface area contributed by atoms with Crippen LogP contribution in [0, 0.1) is 5.92 Å². The number of benzene rings is 1. The van der Waals surface area contributed by atoms with Crippen LogP contribution >= 0.6 is 0 Å². The summed E-state index contributed by atoms with van der Waals surface area (Å²) in [5.74, 6) is -0.577. The Kier molecular flexibility index (Phi) is 6.59. The summed E-state index contributed by atoms with van der Waals surface area (Å²) in [5.41, 5.74) is -3.08. The lowest BCUT2D eigenvalue weighted by atomic mass is 9.91. The molecule has 1 N–H and O–H groups in total. The molecule has 3 nitrogen and oxygen atoms in total. The van der Waals surface area contributed by atoms with Gasteiger partial charge in [0.25, 0.3) is 0 Å². The maximum absolute atomic E-state index is 13.2. The monoisotopic (exact) mass is 439 g/mol. The van der Waals surface area contributed by atoms with Crippen LogP contribution < -0.4 is 5.32 Å². The van der Waals surface area contributed by atoms with E-state index in [9.17, 15) is 30.7 Å². The highest BCUT2D eigenvalue weighted by molar-refractivity contribution is 5.34. The molecule has 1 unspecified atom stereocenters. The minimum absolute atomic E-state index is 0.0748. The summed E-state index contributed by atoms with van der Waals surface area (Å²) in [5, 5.41) is 3.17. The third-order valence-electron chi connectivity index (χ3n) is 5.02. The normalized spacial score (nSPS) is 26.4. The highest BCUT2D eigenvalue weighted by Gasteiger charge is 2.38. The zero-order valence-electron chi connectivity index (χ0n) is 15.9. The van der Waals surface area contributed by atoms with Crippen molar-refractivity contribution < 1.29 is 40.2 Å². The third-order valence-corrected chi connectivity index (χ3v) is 5.02. The summed E-state index contributed by atoms with van der Waals surface area (Å²) in [6, 6.07) is 0.925. The molecule has 10 heteroatoms. The minimum Gasteiger partial charge on any atom is -0.350 e. The Hall–Kier alpha value is -1.91. The highest BCUT2D eigenvalue weighted by Crippen LogP contribution is 2.38. The predicted octanol–water partition coefficient (Wildman–Crippen LogP) is 5.55. The molecule has 0 bridgehead atoms. The largest absolute Gasteiger partial charge is 0.416 e. The second-order valence-corrected chi connectivity index (χ2v) is 7.18. The number of hydrogen-bond donors (Lipinski definition) is 1. The molecule has 4 atom stereocenters. The fourth-order valence-corrected chi connectivity index (χ4v) is 3.45. The van der Waals surface area contributed by atoms with Crippen LogP contribution in [0.15, 0.2) is 42.3 Å². The number of nitrogens with one attached hydrogen (secondary N) is 1. The zero-order valence-corrected chi connectivity index (χ0v) is 15.9. The van der Waals surface area contributed by atoms with Crippen molar-refractivity contribution in [3.63, 3.8) is 0 Å². The van der Waals surface area contributed by atoms with E-state index in [4.69, 9.17) is 9.47 Å². The maximum atomic E-state index is 13.2. The van der Waals surface area contributed by atoms with Crippen molar-refractivity contribution in [2.45, 2.75) is 44.1 Å². The van der Waals surface area contributed by atoms with Gasteiger partial charge in [-0.25, -0.2) is 4.39 Å². The van der Waals surface area contributed by atoms with Crippen LogP contribution in [0.1, 0.15) is 36.1 Å². The van der Waals surface area contributed by atoms with E-state index in [2.05, 4.69) is 5.32 Å². The maximum Gasteiger partial charge on any atom is 0.416 e. The summed E-state index contributed by atoms with van der Waals surface area (Å²) in [6.45, 7) is 2.10. The Morgan fingerprint density at radius 3 is 2.23 bits per heavy atom. The van der Waals surface area contributed by atoms with Gasteiger partial charge in [-0.3, -0.25) is 0 Å². The van der Waals surface area contributed by atoms with E-state index in [0.717, 1.165) is 0 Å². The van der Waals surface area contributed by atoms with Gasteiger partial charge in [0.05, 0.1) is 29.9 Å². The van der Waals surface area contributed by atoms with Gasteiger partial charge >= 0.3 is 12.4 Å². The first-order valence-corrected chi connectivity index (χ1v) is 9.29. The average molecular weight is 439 g/mol. The minimum atomic E-state index is -4.94. The highest BCUT2D eigenvalue weighted by atomic mass is 19.4. The van der Waals surface area contributed by atoms with Crippen molar-refractivity contribution in [3.05, 3.63) is 58.9 Å². The van der Waals surface area contributed by atoms with Gasteiger partial charge in [0.15, 0.2) is 6.29 Å². The van der Waals surface area contributed by atoms with Crippen LogP contribution in [0.4, 0.5) is 30.7 Å². The predicted molar refractivity (Wildman–Crippen MR) is 93.9 cm³/mol. The molecule has 1 heterocycles. The van der Waals surface area contributed by atoms with Crippen molar-refractivity contribution in [2.24, 2.45) is 5.92 Å². The first kappa shape index (κ1) is 22.8. The van der Waals surface area contributed by atoms with E-state index in [1.54, 1.807) is 6.08 Å². The van der Waals surface area contributed by atoms with Crippen LogP contribution in [0.2, 0.25) is 0 Å². The smallest absolute Gasteiger partial charge is 0.350 e. The standard InChI is InChI=1S/C20H20F7NO2/c1-11(13-8-14(19(22,23)24)10-15(9-13)20(25,26)27)30-18-17(28-6-7-29-18)12-2-4-16(21)5-3-12/h2,4-5,8-12,17-18,28H,3,6-7H2,1H3/t11?,12-,17-,18+/m0/s1. The molecule has 166 valence electrons. The van der Waals surface area contributed by atoms with Crippen molar-refractivity contribution in [3.8, 4) is 0 Å². The van der Waals surface area contributed by atoms with Crippen molar-refractivity contribution in [1.82, 2.24) is 5.32 Å². The van der Waals surface area contributed by atoms with Crippen LogP contribution in [0.25, 0.3) is 0 Å². The summed E-state index contributed by atoms with van der Waals surface area (Å²) in [7, 11) is 0. The Balaban J connectivity index is 1.83. The van der Waals surface area contributed by atoms with Gasteiger partial charge in [0, 0.05) is 12.5 Å². The number of allylic oxidation sites excluding steroid dienone is 3. The molecule has 0 aromatic heterocycles. The van der Waals surface area contributed by atoms with E-state index in [1.807, 2.05) is 0 Å². The van der Waals surface area contributed by atoms with E-state index < -0.39 is 41.9 Å². The number of hydrogen-bond acceptors (Lipinski definition) is 3. The van der Waals surface area contributed by atoms with Gasteiger partial charge in [-0.1, -0.05) is 6.08 Å². The molecule has 1 saturated heterocycles. The molecular formula is C20H20F7NO2. The summed E-state index contributed by atoms with van der Waals surface area (Å²) in [6.07, 6.45) is -7.23. The molecular weight excluding hydrogens is 419 g/mol. The lowest BCUT2D eigenvalue weighted by molar-refractivity contribution is -0.204. The Labute approximate surface area is 168 Å². The molecule has 1 aliphatic heterocycles. The Bertz CT molecular complexity index is 784. The van der Waals surface area contributed by atoms with Gasteiger partial charge in [0.2, 0.25) is 0 Å². The SMILES string of the molecule is CC(O[C@H]1OCCN[C@H]1[C@H]1C=CC(F)=CC1)c1cc(C(F)(F)F)cc(C(F)(F)F)c1. The molecule has 1 aromatic carbocycles. The first-order chi connectivity index (χ1) is 13.9. The lowest BCUT2D eigenvalue weighted by Crippen LogP contribution is -2.53. The second kappa shape index (κ2) is 8.68. The molecule has 3 rings (SSSR count). The summed E-state index contributed by atoms with van der Waals surface area (Å²) in [4.78, 5) is 0. The third kappa shape index (κ3) is 5.41. The number of ether oxygens (including phenoxy) is 2. The van der Waals surface area contributed by atoms with E-state index >= 15 is 0 Å². The quantitative estimate of drug-likeness (QED) is 0.625. The van der Waals surface area contributed by atoms with Crippen LogP contribution in [0.5, 0.6) is 0 Å². The number of rotatable bonds is 4. The first-order valence-electron chi connectivity index (χ1n) is 9.29. The van der Waals surface area contributed by atoms with Crippen molar-refractivity contribution in [1.29, 1.82) is 0 Å². The molecule has 0 saturated carbocycles. The van der Waals surface area contributed by atoms with Gasteiger partial charge < -0.3 is 14.8 Å². The topological polar surface area (TPSA) is 30.5 Å². The van der Waals surface area contributed by atoms with Crippen LogP contribution in [-0.4, -0.2) is 25.5 Å². The molecule has 0 radical (unpaired) electrons. The molecule has 0 amide bonds. The van der Waals surface area contributed by atoms with Gasteiger partial charge in [0.1, 0.15) is 5.83 Å². The van der Waals surface area contributed by atoms with Crippen LogP contribution in [-0.2, 0) is 21.8 Å². The molecule has 1 fully saturated rings. The Morgan fingerprint density at radius 2 is 1.70 bits per heavy atom. The molecule has 1 aromatic rings. The molecule has 1 aliphatic carbocycles. The van der Waals surface area contributed by atoms with E-state index in [1.165, 1.54) is 19.1 Å². The zero-order chi connectivity index (χ0) is 22.1. The summed E-state index contributed by atoms with van der Waals surface area (Å²) < 4.78 is 103. The Morgan fingerprint density at radius 1 is 1.07 bits per heavy atom. The molecule has 0 spiro atoms. The van der Waals surface area contributed by atoms with Crippen molar-refractivity contribution in [2.75, 3.05) is 13.2 Å². The number of alkyl halides is 6. The number of morpholine rings is 1. The van der Waals surface area contributed by atoms with E-state index in [0.29, 0.717) is 25.1 Å². The van der Waals surface area contributed by atoms with E-state index in [-0.39, 0.29) is 30.0 Å². The lowest BCUT2D eigenvalue weighted by Gasteiger charge is -2.38. The van der Waals surface area contributed by atoms with Gasteiger partial charge in [-0.2, -0.15) is 26.3 Å². The summed E-state index contributed by atoms with van der Waals surface area (Å²) >= 11 is 0. The number of halogens is 7. The van der Waals surface area contributed by atoms with Gasteiger partial charge in [-0.15, -0.1) is 0 Å². The molecule has 30 heavy (non-hydrogen) atoms. The van der Waals surface area contributed by atoms with Crippen LogP contribution in [0.3, 0.4) is 0 Å². The second-order valence-electron chi connectivity index (χ2n) is 7.18. The fraction of sp³-hybridized carbons (Fsp3) is 0.500. The fourth-order valence-electron chi connectivity index (χ4n) is 3.45.